The summed E-state index contributed by atoms with van der Waals surface area (Å²) in [4.78, 5) is 27.1. The van der Waals surface area contributed by atoms with Gasteiger partial charge in [-0.15, -0.1) is 0 Å². The van der Waals surface area contributed by atoms with Crippen molar-refractivity contribution in [3.8, 4) is 0 Å². The van der Waals surface area contributed by atoms with Crippen LogP contribution in [0.25, 0.3) is 0 Å². The van der Waals surface area contributed by atoms with Crippen LogP contribution in [-0.4, -0.2) is 35.0 Å². The number of hydrogen-bond acceptors (Lipinski definition) is 4. The van der Waals surface area contributed by atoms with Gasteiger partial charge in [0.2, 0.25) is 5.91 Å². The van der Waals surface area contributed by atoms with Crippen LogP contribution in [0.15, 0.2) is 35.1 Å². The number of thiazole rings is 1. The minimum atomic E-state index is -0.0795. The Morgan fingerprint density at radius 1 is 1.22 bits per heavy atom. The first-order valence-corrected chi connectivity index (χ1v) is 8.53. The van der Waals surface area contributed by atoms with E-state index >= 15 is 0 Å². The van der Waals surface area contributed by atoms with E-state index in [2.05, 4.69) is 0 Å². The molecule has 2 aromatic rings. The molecule has 2 rings (SSSR count). The Hall–Kier alpha value is -1.92. The van der Waals surface area contributed by atoms with Crippen molar-refractivity contribution in [3.05, 3.63) is 56.1 Å². The first-order valence-electron chi connectivity index (χ1n) is 7.71. The van der Waals surface area contributed by atoms with E-state index in [1.807, 2.05) is 44.2 Å². The zero-order valence-corrected chi connectivity index (χ0v) is 14.4. The third kappa shape index (κ3) is 4.53. The lowest BCUT2D eigenvalue weighted by Crippen LogP contribution is -2.40. The molecule has 0 aliphatic rings. The molecule has 2 N–H and O–H groups in total. The van der Waals surface area contributed by atoms with Crippen molar-refractivity contribution in [3.63, 3.8) is 0 Å². The number of aryl methyl sites for hydroxylation is 1. The summed E-state index contributed by atoms with van der Waals surface area (Å²) < 4.78 is 1.55. The molecule has 0 radical (unpaired) electrons. The molecule has 0 bridgehead atoms. The number of carbonyl (C=O) groups excluding carboxylic acids is 1. The summed E-state index contributed by atoms with van der Waals surface area (Å²) in [6.45, 7) is 5.38. The minimum Gasteiger partial charge on any atom is -0.340 e. The van der Waals surface area contributed by atoms with Crippen molar-refractivity contribution in [2.45, 2.75) is 26.8 Å². The van der Waals surface area contributed by atoms with Crippen LogP contribution in [0, 0.1) is 13.8 Å². The number of amides is 1. The van der Waals surface area contributed by atoms with E-state index in [4.69, 9.17) is 5.73 Å². The molecule has 1 amide bonds. The summed E-state index contributed by atoms with van der Waals surface area (Å²) in [6.07, 6.45) is 0.781. The molecule has 0 fully saturated rings. The standard InChI is InChI=1S/C17H23N3O2S/c1-13-14(2)23-17(22)20(13)12-16(21)19(11-9-18)10-8-15-6-4-3-5-7-15/h3-7H,8-12,18H2,1-2H3. The summed E-state index contributed by atoms with van der Waals surface area (Å²) >= 11 is 1.19. The summed E-state index contributed by atoms with van der Waals surface area (Å²) in [6, 6.07) is 10.0. The van der Waals surface area contributed by atoms with Gasteiger partial charge in [0.25, 0.3) is 0 Å². The molecule has 1 aromatic carbocycles. The first-order chi connectivity index (χ1) is 11.0. The molecule has 5 nitrogen and oxygen atoms in total. The Morgan fingerprint density at radius 3 is 2.48 bits per heavy atom. The zero-order valence-electron chi connectivity index (χ0n) is 13.6. The van der Waals surface area contributed by atoms with Crippen molar-refractivity contribution in [1.29, 1.82) is 0 Å². The second-order valence-corrected chi connectivity index (χ2v) is 6.67. The predicted octanol–water partition coefficient (Wildman–Crippen LogP) is 1.56. The van der Waals surface area contributed by atoms with Gasteiger partial charge in [0, 0.05) is 30.2 Å². The molecule has 0 saturated carbocycles. The SMILES string of the molecule is Cc1sc(=O)n(CC(=O)N(CCN)CCc2ccccc2)c1C. The third-order valence-corrected chi connectivity index (χ3v) is 4.93. The van der Waals surface area contributed by atoms with Gasteiger partial charge in [0.15, 0.2) is 0 Å². The van der Waals surface area contributed by atoms with Crippen LogP contribution in [0.2, 0.25) is 0 Å². The van der Waals surface area contributed by atoms with Crippen LogP contribution < -0.4 is 10.6 Å². The number of aromatic nitrogens is 1. The summed E-state index contributed by atoms with van der Waals surface area (Å²) in [5, 5.41) is 0. The minimum absolute atomic E-state index is 0.0608. The van der Waals surface area contributed by atoms with Crippen molar-refractivity contribution in [1.82, 2.24) is 9.47 Å². The number of hydrogen-bond donors (Lipinski definition) is 1. The van der Waals surface area contributed by atoms with E-state index in [1.54, 1.807) is 9.47 Å². The summed E-state index contributed by atoms with van der Waals surface area (Å²) in [5.74, 6) is -0.0608. The van der Waals surface area contributed by atoms with Gasteiger partial charge < -0.3 is 10.6 Å². The maximum absolute atomic E-state index is 12.6. The molecule has 0 spiro atoms. The van der Waals surface area contributed by atoms with Crippen molar-refractivity contribution >= 4 is 17.2 Å². The van der Waals surface area contributed by atoms with Crippen LogP contribution >= 0.6 is 11.3 Å². The second kappa shape index (κ2) is 8.08. The van der Waals surface area contributed by atoms with Crippen molar-refractivity contribution < 1.29 is 4.79 Å². The van der Waals surface area contributed by atoms with Crippen LogP contribution in [0.4, 0.5) is 0 Å². The van der Waals surface area contributed by atoms with Crippen LogP contribution in [0.5, 0.6) is 0 Å². The van der Waals surface area contributed by atoms with Gasteiger partial charge in [-0.05, 0) is 25.8 Å². The van der Waals surface area contributed by atoms with E-state index < -0.39 is 0 Å². The number of carbonyl (C=O) groups is 1. The summed E-state index contributed by atoms with van der Waals surface area (Å²) in [5.41, 5.74) is 7.68. The van der Waals surface area contributed by atoms with Gasteiger partial charge in [0.05, 0.1) is 0 Å². The lowest BCUT2D eigenvalue weighted by molar-refractivity contribution is -0.131. The molecule has 0 unspecified atom stereocenters. The molecule has 0 saturated heterocycles. The van der Waals surface area contributed by atoms with Gasteiger partial charge >= 0.3 is 4.87 Å². The average Bonchev–Trinajstić information content (AvgIpc) is 2.78. The normalized spacial score (nSPS) is 10.7. The van der Waals surface area contributed by atoms with Gasteiger partial charge in [-0.1, -0.05) is 41.7 Å². The molecule has 1 aromatic heterocycles. The van der Waals surface area contributed by atoms with E-state index in [-0.39, 0.29) is 17.3 Å². The Kier molecular flexibility index (Phi) is 6.12. The fraction of sp³-hybridized carbons (Fsp3) is 0.412. The molecule has 0 aliphatic carbocycles. The third-order valence-electron chi connectivity index (χ3n) is 3.93. The van der Waals surface area contributed by atoms with Gasteiger partial charge in [0.1, 0.15) is 6.54 Å². The topological polar surface area (TPSA) is 68.3 Å². The highest BCUT2D eigenvalue weighted by atomic mass is 32.1. The van der Waals surface area contributed by atoms with Crippen LogP contribution in [0.1, 0.15) is 16.1 Å². The maximum atomic E-state index is 12.6. The zero-order chi connectivity index (χ0) is 16.8. The molecule has 124 valence electrons. The molecular formula is C17H23N3O2S. The van der Waals surface area contributed by atoms with Crippen LogP contribution in [0.3, 0.4) is 0 Å². The smallest absolute Gasteiger partial charge is 0.308 e. The molecular weight excluding hydrogens is 310 g/mol. The molecule has 1 heterocycles. The molecule has 0 aliphatic heterocycles. The molecule has 0 atom stereocenters. The summed E-state index contributed by atoms with van der Waals surface area (Å²) in [7, 11) is 0. The predicted molar refractivity (Wildman–Crippen MR) is 93.8 cm³/mol. The Morgan fingerprint density at radius 2 is 1.91 bits per heavy atom. The molecule has 23 heavy (non-hydrogen) atoms. The van der Waals surface area contributed by atoms with E-state index in [9.17, 15) is 9.59 Å². The number of rotatable bonds is 7. The number of benzene rings is 1. The Balaban J connectivity index is 2.04. The maximum Gasteiger partial charge on any atom is 0.308 e. The van der Waals surface area contributed by atoms with E-state index in [0.717, 1.165) is 17.0 Å². The largest absolute Gasteiger partial charge is 0.340 e. The fourth-order valence-electron chi connectivity index (χ4n) is 2.43. The van der Waals surface area contributed by atoms with Crippen LogP contribution in [-0.2, 0) is 17.8 Å². The van der Waals surface area contributed by atoms with Crippen molar-refractivity contribution in [2.75, 3.05) is 19.6 Å². The highest BCUT2D eigenvalue weighted by molar-refractivity contribution is 7.09. The van der Waals surface area contributed by atoms with E-state index in [1.165, 1.54) is 16.9 Å². The Labute approximate surface area is 140 Å². The highest BCUT2D eigenvalue weighted by Gasteiger charge is 2.17. The van der Waals surface area contributed by atoms with Gasteiger partial charge in [-0.3, -0.25) is 14.2 Å². The first kappa shape index (κ1) is 17.4. The second-order valence-electron chi connectivity index (χ2n) is 5.50. The fourth-order valence-corrected chi connectivity index (χ4v) is 3.26. The number of nitrogens with zero attached hydrogens (tertiary/aromatic N) is 2. The van der Waals surface area contributed by atoms with E-state index in [0.29, 0.717) is 19.6 Å². The number of nitrogens with two attached hydrogens (primary N) is 1. The lowest BCUT2D eigenvalue weighted by atomic mass is 10.1. The van der Waals surface area contributed by atoms with Gasteiger partial charge in [-0.25, -0.2) is 0 Å². The highest BCUT2D eigenvalue weighted by Crippen LogP contribution is 2.10. The van der Waals surface area contributed by atoms with Crippen molar-refractivity contribution in [2.24, 2.45) is 5.73 Å². The monoisotopic (exact) mass is 333 g/mol. The van der Waals surface area contributed by atoms with Gasteiger partial charge in [-0.2, -0.15) is 0 Å². The molecule has 6 heteroatoms. The quantitative estimate of drug-likeness (QED) is 0.836. The Bertz CT molecular complexity index is 706. The lowest BCUT2D eigenvalue weighted by Gasteiger charge is -2.22. The average molecular weight is 333 g/mol.